The van der Waals surface area contributed by atoms with Gasteiger partial charge in [-0.2, -0.15) is 0 Å². The number of benzene rings is 1. The lowest BCUT2D eigenvalue weighted by atomic mass is 9.77. The number of hydrogen-bond acceptors (Lipinski definition) is 3. The minimum atomic E-state index is -1.46. The fourth-order valence-corrected chi connectivity index (χ4v) is 2.67. The maximum Gasteiger partial charge on any atom is 0.194 e. The summed E-state index contributed by atoms with van der Waals surface area (Å²) < 4.78 is 45.4. The number of nitrogens with two attached hydrogens (primary N) is 1. The highest BCUT2D eigenvalue weighted by atomic mass is 19.2. The maximum atomic E-state index is 13.7. The Bertz CT molecular complexity index is 464. The minimum absolute atomic E-state index is 0.0614. The number of nitrogens with one attached hydrogen (secondary N) is 1. The molecule has 20 heavy (non-hydrogen) atoms. The third kappa shape index (κ3) is 3.13. The van der Waals surface area contributed by atoms with Gasteiger partial charge in [0.15, 0.2) is 17.5 Å². The molecule has 0 bridgehead atoms. The third-order valence-electron chi connectivity index (χ3n) is 3.81. The largest absolute Gasteiger partial charge is 0.378 e. The summed E-state index contributed by atoms with van der Waals surface area (Å²) in [7, 11) is 0. The number of ether oxygens (including phenoxy) is 1. The highest BCUT2D eigenvalue weighted by molar-refractivity contribution is 5.23. The van der Waals surface area contributed by atoms with Gasteiger partial charge in [0.2, 0.25) is 0 Å². The molecule has 3 nitrogen and oxygen atoms in total. The van der Waals surface area contributed by atoms with E-state index in [9.17, 15) is 13.2 Å². The van der Waals surface area contributed by atoms with Crippen molar-refractivity contribution in [3.63, 3.8) is 0 Å². The van der Waals surface area contributed by atoms with Crippen LogP contribution in [0.25, 0.3) is 0 Å². The van der Waals surface area contributed by atoms with Crippen molar-refractivity contribution in [2.75, 3.05) is 6.61 Å². The molecule has 1 aliphatic rings. The van der Waals surface area contributed by atoms with Gasteiger partial charge in [-0.15, -0.1) is 0 Å². The van der Waals surface area contributed by atoms with Crippen LogP contribution in [0, 0.1) is 23.4 Å². The van der Waals surface area contributed by atoms with E-state index < -0.39 is 23.5 Å². The first-order chi connectivity index (χ1) is 9.56. The van der Waals surface area contributed by atoms with Gasteiger partial charge in [-0.1, -0.05) is 6.07 Å². The summed E-state index contributed by atoms with van der Waals surface area (Å²) in [6.45, 7) is 2.61. The molecule has 1 aliphatic carbocycles. The van der Waals surface area contributed by atoms with Crippen LogP contribution in [0.15, 0.2) is 12.1 Å². The van der Waals surface area contributed by atoms with Crippen LogP contribution in [-0.2, 0) is 4.74 Å². The monoisotopic (exact) mass is 288 g/mol. The molecular formula is C14H19F3N2O. The average Bonchev–Trinajstić information content (AvgIpc) is 2.40. The van der Waals surface area contributed by atoms with Gasteiger partial charge in [0.25, 0.3) is 0 Å². The fourth-order valence-electron chi connectivity index (χ4n) is 2.67. The molecule has 1 unspecified atom stereocenters. The van der Waals surface area contributed by atoms with Crippen molar-refractivity contribution < 1.29 is 17.9 Å². The molecule has 112 valence electrons. The molecule has 2 rings (SSSR count). The Hall–Kier alpha value is -1.11. The van der Waals surface area contributed by atoms with Crippen LogP contribution in [0.2, 0.25) is 0 Å². The number of rotatable bonds is 6. The van der Waals surface area contributed by atoms with Crippen LogP contribution in [0.4, 0.5) is 13.2 Å². The van der Waals surface area contributed by atoms with Gasteiger partial charge in [0.1, 0.15) is 0 Å². The number of hydrogen-bond donors (Lipinski definition) is 2. The first-order valence-corrected chi connectivity index (χ1v) is 6.77. The minimum Gasteiger partial charge on any atom is -0.378 e. The molecule has 0 radical (unpaired) electrons. The van der Waals surface area contributed by atoms with E-state index in [2.05, 4.69) is 5.43 Å². The second kappa shape index (κ2) is 6.56. The molecule has 6 heteroatoms. The molecular weight excluding hydrogens is 269 g/mol. The van der Waals surface area contributed by atoms with Gasteiger partial charge in [-0.05, 0) is 38.2 Å². The Labute approximate surface area is 116 Å². The Balaban J connectivity index is 2.01. The van der Waals surface area contributed by atoms with Crippen molar-refractivity contribution in [3.05, 3.63) is 35.1 Å². The summed E-state index contributed by atoms with van der Waals surface area (Å²) in [5.74, 6) is 1.95. The van der Waals surface area contributed by atoms with E-state index in [1.54, 1.807) is 0 Å². The maximum absolute atomic E-state index is 13.7. The summed E-state index contributed by atoms with van der Waals surface area (Å²) in [6.07, 6.45) is 2.59. The Morgan fingerprint density at radius 3 is 2.60 bits per heavy atom. The van der Waals surface area contributed by atoms with E-state index in [4.69, 9.17) is 10.6 Å². The molecule has 3 N–H and O–H groups in total. The lowest BCUT2D eigenvalue weighted by Crippen LogP contribution is -2.37. The average molecular weight is 288 g/mol. The van der Waals surface area contributed by atoms with E-state index in [1.165, 1.54) is 6.07 Å². The van der Waals surface area contributed by atoms with Crippen LogP contribution in [0.1, 0.15) is 37.8 Å². The molecule has 0 aromatic heterocycles. The van der Waals surface area contributed by atoms with E-state index in [-0.39, 0.29) is 11.7 Å². The standard InChI is InChI=1S/C14H19F3N2O/c1-2-20-9-5-8(6-9)7-12(19-18)10-3-4-11(15)14(17)13(10)16/h3-4,8-9,12,19H,2,5-7,18H2,1H3. The Morgan fingerprint density at radius 2 is 2.00 bits per heavy atom. The lowest BCUT2D eigenvalue weighted by molar-refractivity contribution is -0.0292. The molecule has 0 amide bonds. The zero-order valence-electron chi connectivity index (χ0n) is 11.3. The van der Waals surface area contributed by atoms with Crippen molar-refractivity contribution in [1.29, 1.82) is 0 Å². The second-order valence-corrected chi connectivity index (χ2v) is 5.13. The topological polar surface area (TPSA) is 47.3 Å². The Kier molecular flexibility index (Phi) is 5.01. The van der Waals surface area contributed by atoms with Gasteiger partial charge in [0, 0.05) is 18.2 Å². The predicted octanol–water partition coefficient (Wildman–Crippen LogP) is 2.81. The highest BCUT2D eigenvalue weighted by Gasteiger charge is 2.32. The van der Waals surface area contributed by atoms with Gasteiger partial charge in [-0.3, -0.25) is 11.3 Å². The van der Waals surface area contributed by atoms with Crippen molar-refractivity contribution >= 4 is 0 Å². The molecule has 0 spiro atoms. The van der Waals surface area contributed by atoms with Crippen molar-refractivity contribution in [1.82, 2.24) is 5.43 Å². The highest BCUT2D eigenvalue weighted by Crippen LogP contribution is 2.37. The van der Waals surface area contributed by atoms with E-state index >= 15 is 0 Å². The number of halogens is 3. The zero-order chi connectivity index (χ0) is 14.7. The summed E-state index contributed by atoms with van der Waals surface area (Å²) in [4.78, 5) is 0. The van der Waals surface area contributed by atoms with Crippen LogP contribution in [0.3, 0.4) is 0 Å². The molecule has 0 saturated heterocycles. The van der Waals surface area contributed by atoms with Crippen molar-refractivity contribution in [2.24, 2.45) is 11.8 Å². The predicted molar refractivity (Wildman–Crippen MR) is 69.1 cm³/mol. The first-order valence-electron chi connectivity index (χ1n) is 6.77. The third-order valence-corrected chi connectivity index (χ3v) is 3.81. The molecule has 1 saturated carbocycles. The molecule has 1 fully saturated rings. The SMILES string of the molecule is CCOC1CC(CC(NN)c2ccc(F)c(F)c2F)C1. The normalized spacial score (nSPS) is 23.4. The summed E-state index contributed by atoms with van der Waals surface area (Å²) in [6, 6.07) is 1.62. The first kappa shape index (κ1) is 15.3. The smallest absolute Gasteiger partial charge is 0.194 e. The Morgan fingerprint density at radius 1 is 1.30 bits per heavy atom. The van der Waals surface area contributed by atoms with Crippen LogP contribution in [0.5, 0.6) is 0 Å². The molecule has 1 aromatic carbocycles. The summed E-state index contributed by atoms with van der Waals surface area (Å²) in [5.41, 5.74) is 2.54. The molecule has 0 aliphatic heterocycles. The number of hydrazine groups is 1. The van der Waals surface area contributed by atoms with Crippen LogP contribution < -0.4 is 11.3 Å². The van der Waals surface area contributed by atoms with E-state index in [1.807, 2.05) is 6.92 Å². The lowest BCUT2D eigenvalue weighted by Gasteiger charge is -2.37. The van der Waals surface area contributed by atoms with Gasteiger partial charge >= 0.3 is 0 Å². The van der Waals surface area contributed by atoms with Gasteiger partial charge in [-0.25, -0.2) is 13.2 Å². The zero-order valence-corrected chi connectivity index (χ0v) is 11.3. The van der Waals surface area contributed by atoms with Crippen LogP contribution >= 0.6 is 0 Å². The van der Waals surface area contributed by atoms with Gasteiger partial charge < -0.3 is 4.74 Å². The van der Waals surface area contributed by atoms with Crippen LogP contribution in [-0.4, -0.2) is 12.7 Å². The fraction of sp³-hybridized carbons (Fsp3) is 0.571. The molecule has 0 heterocycles. The summed E-state index contributed by atoms with van der Waals surface area (Å²) >= 11 is 0. The molecule has 1 aromatic rings. The van der Waals surface area contributed by atoms with Crippen molar-refractivity contribution in [2.45, 2.75) is 38.3 Å². The van der Waals surface area contributed by atoms with Crippen molar-refractivity contribution in [3.8, 4) is 0 Å². The quantitative estimate of drug-likeness (QED) is 0.481. The second-order valence-electron chi connectivity index (χ2n) is 5.13. The molecule has 1 atom stereocenters. The van der Waals surface area contributed by atoms with E-state index in [0.29, 0.717) is 18.9 Å². The van der Waals surface area contributed by atoms with E-state index in [0.717, 1.165) is 18.9 Å². The summed E-state index contributed by atoms with van der Waals surface area (Å²) in [5, 5.41) is 0. The van der Waals surface area contributed by atoms with Gasteiger partial charge in [0.05, 0.1) is 6.10 Å².